The maximum absolute atomic E-state index is 12.6. The van der Waals surface area contributed by atoms with E-state index in [0.29, 0.717) is 16.6 Å². The Kier molecular flexibility index (Phi) is 5.02. The predicted octanol–water partition coefficient (Wildman–Crippen LogP) is 3.62. The molecule has 140 valence electrons. The highest BCUT2D eigenvalue weighted by molar-refractivity contribution is 8.00. The quantitative estimate of drug-likeness (QED) is 0.569. The van der Waals surface area contributed by atoms with E-state index in [-0.39, 0.29) is 5.91 Å². The summed E-state index contributed by atoms with van der Waals surface area (Å²) in [5.74, 6) is 0.103. The van der Waals surface area contributed by atoms with Crippen LogP contribution in [0.15, 0.2) is 34.1 Å². The SMILES string of the molecule is CC(Sc1nnc(-c2cccs2)n1C1CC1)C(=O)Nc1sccc1C(N)=O. The summed E-state index contributed by atoms with van der Waals surface area (Å²) in [6.45, 7) is 1.81. The van der Waals surface area contributed by atoms with Gasteiger partial charge in [0.05, 0.1) is 15.7 Å². The van der Waals surface area contributed by atoms with Crippen LogP contribution in [-0.4, -0.2) is 31.8 Å². The van der Waals surface area contributed by atoms with Crippen LogP contribution in [0, 0.1) is 0 Å². The Morgan fingerprint density at radius 3 is 2.78 bits per heavy atom. The number of nitrogens with one attached hydrogen (secondary N) is 1. The van der Waals surface area contributed by atoms with Crippen LogP contribution in [0.5, 0.6) is 0 Å². The first-order valence-electron chi connectivity index (χ1n) is 8.38. The van der Waals surface area contributed by atoms with Crippen LogP contribution in [0.3, 0.4) is 0 Å². The molecule has 1 saturated carbocycles. The lowest BCUT2D eigenvalue weighted by Crippen LogP contribution is -2.24. The molecule has 0 radical (unpaired) electrons. The average molecular weight is 420 g/mol. The number of rotatable bonds is 7. The summed E-state index contributed by atoms with van der Waals surface area (Å²) in [6.07, 6.45) is 2.20. The largest absolute Gasteiger partial charge is 0.366 e. The molecule has 0 bridgehead atoms. The summed E-state index contributed by atoms with van der Waals surface area (Å²) in [5.41, 5.74) is 5.66. The Bertz CT molecular complexity index is 975. The fourth-order valence-corrected chi connectivity index (χ4v) is 5.04. The molecule has 0 saturated heterocycles. The van der Waals surface area contributed by atoms with Crippen molar-refractivity contribution in [2.24, 2.45) is 5.73 Å². The molecule has 3 aromatic heterocycles. The van der Waals surface area contributed by atoms with Gasteiger partial charge in [-0.2, -0.15) is 0 Å². The van der Waals surface area contributed by atoms with E-state index in [2.05, 4.69) is 20.1 Å². The molecule has 1 atom stereocenters. The van der Waals surface area contributed by atoms with Crippen molar-refractivity contribution in [3.63, 3.8) is 0 Å². The number of carbonyl (C=O) groups is 2. The topological polar surface area (TPSA) is 103 Å². The van der Waals surface area contributed by atoms with E-state index in [0.717, 1.165) is 28.7 Å². The van der Waals surface area contributed by atoms with Crippen molar-refractivity contribution >= 4 is 51.3 Å². The molecule has 1 aliphatic rings. The van der Waals surface area contributed by atoms with Crippen molar-refractivity contribution < 1.29 is 9.59 Å². The summed E-state index contributed by atoms with van der Waals surface area (Å²) in [7, 11) is 0. The van der Waals surface area contributed by atoms with Crippen molar-refractivity contribution in [2.75, 3.05) is 5.32 Å². The molecule has 1 aliphatic carbocycles. The molecule has 3 aromatic rings. The molecular weight excluding hydrogens is 402 g/mol. The van der Waals surface area contributed by atoms with E-state index in [1.54, 1.807) is 22.8 Å². The lowest BCUT2D eigenvalue weighted by atomic mass is 10.3. The second-order valence-electron chi connectivity index (χ2n) is 6.16. The Morgan fingerprint density at radius 1 is 1.30 bits per heavy atom. The Morgan fingerprint density at radius 2 is 2.11 bits per heavy atom. The van der Waals surface area contributed by atoms with E-state index in [4.69, 9.17) is 5.73 Å². The van der Waals surface area contributed by atoms with Crippen molar-refractivity contribution in [3.05, 3.63) is 34.5 Å². The zero-order valence-electron chi connectivity index (χ0n) is 14.4. The molecule has 7 nitrogen and oxygen atoms in total. The van der Waals surface area contributed by atoms with Gasteiger partial charge in [0.2, 0.25) is 5.91 Å². The number of nitrogens with two attached hydrogens (primary N) is 1. The van der Waals surface area contributed by atoms with Crippen molar-refractivity contribution in [3.8, 4) is 10.7 Å². The number of nitrogens with zero attached hydrogens (tertiary/aromatic N) is 3. The lowest BCUT2D eigenvalue weighted by molar-refractivity contribution is -0.115. The van der Waals surface area contributed by atoms with Crippen LogP contribution in [-0.2, 0) is 4.79 Å². The van der Waals surface area contributed by atoms with E-state index >= 15 is 0 Å². The summed E-state index contributed by atoms with van der Waals surface area (Å²) >= 11 is 4.27. The number of carbonyl (C=O) groups excluding carboxylic acids is 2. The summed E-state index contributed by atoms with van der Waals surface area (Å²) in [6, 6.07) is 6.03. The van der Waals surface area contributed by atoms with Gasteiger partial charge in [0, 0.05) is 6.04 Å². The van der Waals surface area contributed by atoms with E-state index < -0.39 is 11.2 Å². The molecule has 3 N–H and O–H groups in total. The molecule has 0 spiro atoms. The maximum atomic E-state index is 12.6. The number of aromatic nitrogens is 3. The van der Waals surface area contributed by atoms with E-state index in [9.17, 15) is 9.59 Å². The number of amides is 2. The molecule has 1 unspecified atom stereocenters. The molecule has 27 heavy (non-hydrogen) atoms. The minimum Gasteiger partial charge on any atom is -0.366 e. The second-order valence-corrected chi connectivity index (χ2v) is 9.33. The predicted molar refractivity (Wildman–Crippen MR) is 108 cm³/mol. The molecule has 0 aromatic carbocycles. The minimum absolute atomic E-state index is 0.201. The third-order valence-electron chi connectivity index (χ3n) is 4.14. The van der Waals surface area contributed by atoms with Gasteiger partial charge in [-0.3, -0.25) is 14.2 Å². The third-order valence-corrected chi connectivity index (χ3v) is 6.89. The first-order chi connectivity index (χ1) is 13.0. The number of thioether (sulfide) groups is 1. The number of hydrogen-bond acceptors (Lipinski definition) is 7. The highest BCUT2D eigenvalue weighted by atomic mass is 32.2. The lowest BCUT2D eigenvalue weighted by Gasteiger charge is -2.13. The highest BCUT2D eigenvalue weighted by Gasteiger charge is 2.32. The number of hydrogen-bond donors (Lipinski definition) is 2. The fraction of sp³-hybridized carbons (Fsp3) is 0.294. The standard InChI is InChI=1S/C17H17N5O2S3/c1-9(15(24)19-16-11(13(18)23)6-8-26-16)27-17-21-20-14(12-3-2-7-25-12)22(17)10-4-5-10/h2-3,6-10H,4-5H2,1H3,(H2,18,23)(H,19,24). The van der Waals surface area contributed by atoms with Crippen molar-refractivity contribution in [1.82, 2.24) is 14.8 Å². The van der Waals surface area contributed by atoms with Gasteiger partial charge in [0.1, 0.15) is 5.00 Å². The van der Waals surface area contributed by atoms with Gasteiger partial charge in [-0.05, 0) is 42.7 Å². The van der Waals surface area contributed by atoms with Crippen molar-refractivity contribution in [2.45, 2.75) is 36.2 Å². The van der Waals surface area contributed by atoms with Crippen LogP contribution in [0.25, 0.3) is 10.7 Å². The smallest absolute Gasteiger partial charge is 0.251 e. The number of thiophene rings is 2. The second kappa shape index (κ2) is 7.45. The monoisotopic (exact) mass is 419 g/mol. The Labute approximate surface area is 168 Å². The molecule has 1 fully saturated rings. The zero-order valence-corrected chi connectivity index (χ0v) is 16.9. The molecule has 0 aliphatic heterocycles. The minimum atomic E-state index is -0.555. The van der Waals surface area contributed by atoms with Gasteiger partial charge in [-0.25, -0.2) is 0 Å². The third kappa shape index (κ3) is 3.78. The van der Waals surface area contributed by atoms with Gasteiger partial charge in [-0.1, -0.05) is 17.8 Å². The molecule has 2 amide bonds. The fourth-order valence-electron chi connectivity index (χ4n) is 2.62. The summed E-state index contributed by atoms with van der Waals surface area (Å²) < 4.78 is 2.14. The first kappa shape index (κ1) is 18.2. The Hall–Kier alpha value is -2.17. The van der Waals surface area contributed by atoms with E-state index in [1.165, 1.54) is 23.1 Å². The van der Waals surface area contributed by atoms with Crippen LogP contribution >= 0.6 is 34.4 Å². The van der Waals surface area contributed by atoms with Gasteiger partial charge < -0.3 is 11.1 Å². The zero-order chi connectivity index (χ0) is 19.0. The van der Waals surface area contributed by atoms with Crippen LogP contribution < -0.4 is 11.1 Å². The van der Waals surface area contributed by atoms with Gasteiger partial charge in [0.25, 0.3) is 5.91 Å². The Balaban J connectivity index is 1.51. The highest BCUT2D eigenvalue weighted by Crippen LogP contribution is 2.42. The maximum Gasteiger partial charge on any atom is 0.251 e. The normalized spacial score (nSPS) is 14.9. The number of anilines is 1. The number of primary amides is 1. The summed E-state index contributed by atoms with van der Waals surface area (Å²) in [4.78, 5) is 25.1. The first-order valence-corrected chi connectivity index (χ1v) is 11.0. The van der Waals surface area contributed by atoms with Gasteiger partial charge in [0.15, 0.2) is 11.0 Å². The molecule has 3 heterocycles. The van der Waals surface area contributed by atoms with Crippen LogP contribution in [0.4, 0.5) is 5.00 Å². The average Bonchev–Trinajstić information content (AvgIpc) is 3.06. The van der Waals surface area contributed by atoms with Crippen molar-refractivity contribution in [1.29, 1.82) is 0 Å². The molecule has 10 heteroatoms. The van der Waals surface area contributed by atoms with Gasteiger partial charge >= 0.3 is 0 Å². The molecular formula is C17H17N5O2S3. The molecule has 4 rings (SSSR count). The van der Waals surface area contributed by atoms with Gasteiger partial charge in [-0.15, -0.1) is 32.9 Å². The van der Waals surface area contributed by atoms with E-state index in [1.807, 2.05) is 24.4 Å². The summed E-state index contributed by atoms with van der Waals surface area (Å²) in [5, 5.41) is 16.0. The van der Waals surface area contributed by atoms with Crippen LogP contribution in [0.2, 0.25) is 0 Å². The van der Waals surface area contributed by atoms with Crippen LogP contribution in [0.1, 0.15) is 36.2 Å².